The Balaban J connectivity index is 1.36. The van der Waals surface area contributed by atoms with Crippen molar-refractivity contribution < 1.29 is 4.39 Å². The Morgan fingerprint density at radius 3 is 2.93 bits per heavy atom. The lowest BCUT2D eigenvalue weighted by molar-refractivity contribution is -0.126. The number of hydrogen-bond acceptors (Lipinski definition) is 3. The largest absolute Gasteiger partial charge is 0.271 e. The molecule has 4 aliphatic carbocycles. The maximum atomic E-state index is 16.9. The molecule has 0 N–H and O–H groups in total. The van der Waals surface area contributed by atoms with E-state index in [1.807, 2.05) is 23.5 Å². The molecule has 0 amide bonds. The number of thioether (sulfide) groups is 2. The highest BCUT2D eigenvalue weighted by Gasteiger charge is 2.66. The lowest BCUT2D eigenvalue weighted by Gasteiger charge is -2.60. The molecule has 1 nitrogen and oxygen atoms in total. The van der Waals surface area contributed by atoms with E-state index in [1.165, 1.54) is 28.5 Å². The molecule has 1 heterocycles. The molecule has 7 atom stereocenters. The third-order valence-corrected chi connectivity index (χ3v) is 11.8. The summed E-state index contributed by atoms with van der Waals surface area (Å²) in [5.74, 6) is 4.59. The maximum Gasteiger partial charge on any atom is 0.126 e. The zero-order valence-corrected chi connectivity index (χ0v) is 19.9. The molecule has 3 fully saturated rings. The number of aliphatic imine (C=N–C) groups is 1. The zero-order chi connectivity index (χ0) is 20.3. The van der Waals surface area contributed by atoms with E-state index < -0.39 is 5.67 Å². The van der Waals surface area contributed by atoms with Crippen LogP contribution in [0.4, 0.5) is 4.39 Å². The molecule has 5 aliphatic rings. The van der Waals surface area contributed by atoms with E-state index in [0.717, 1.165) is 56.2 Å². The van der Waals surface area contributed by atoms with Gasteiger partial charge in [0.2, 0.25) is 0 Å². The summed E-state index contributed by atoms with van der Waals surface area (Å²) >= 11 is 3.89. The Labute approximate surface area is 184 Å². The molecule has 0 saturated heterocycles. The van der Waals surface area contributed by atoms with Crippen LogP contribution in [0.25, 0.3) is 0 Å². The van der Waals surface area contributed by atoms with Crippen LogP contribution >= 0.6 is 23.5 Å². The summed E-state index contributed by atoms with van der Waals surface area (Å²) < 4.78 is 18.2. The molecule has 0 unspecified atom stereocenters. The van der Waals surface area contributed by atoms with Crippen molar-refractivity contribution in [3.05, 3.63) is 23.8 Å². The normalized spacial score (nSPS) is 48.6. The first kappa shape index (κ1) is 20.7. The van der Waals surface area contributed by atoms with Crippen LogP contribution in [0.5, 0.6) is 0 Å². The van der Waals surface area contributed by atoms with Gasteiger partial charge in [0.25, 0.3) is 0 Å². The lowest BCUT2D eigenvalue weighted by Crippen LogP contribution is -2.59. The van der Waals surface area contributed by atoms with E-state index in [1.54, 1.807) is 0 Å². The molecule has 160 valence electrons. The summed E-state index contributed by atoms with van der Waals surface area (Å²) in [7, 11) is 0. The Morgan fingerprint density at radius 1 is 1.28 bits per heavy atom. The molecule has 0 bridgehead atoms. The van der Waals surface area contributed by atoms with Crippen LogP contribution in [-0.4, -0.2) is 28.1 Å². The van der Waals surface area contributed by atoms with Gasteiger partial charge >= 0.3 is 0 Å². The van der Waals surface area contributed by atoms with Crippen LogP contribution in [0.15, 0.2) is 28.8 Å². The van der Waals surface area contributed by atoms with Crippen LogP contribution in [0.2, 0.25) is 0 Å². The van der Waals surface area contributed by atoms with Gasteiger partial charge < -0.3 is 0 Å². The van der Waals surface area contributed by atoms with E-state index in [-0.39, 0.29) is 11.3 Å². The summed E-state index contributed by atoms with van der Waals surface area (Å²) in [4.78, 5) is 4.61. The first-order valence-electron chi connectivity index (χ1n) is 11.7. The summed E-state index contributed by atoms with van der Waals surface area (Å²) in [5, 5.41) is 0. The van der Waals surface area contributed by atoms with Crippen LogP contribution in [0.3, 0.4) is 0 Å². The van der Waals surface area contributed by atoms with Crippen molar-refractivity contribution in [2.24, 2.45) is 39.5 Å². The highest BCUT2D eigenvalue weighted by Crippen LogP contribution is 2.70. The molecule has 29 heavy (non-hydrogen) atoms. The molecule has 0 aromatic rings. The quantitative estimate of drug-likeness (QED) is 0.433. The van der Waals surface area contributed by atoms with Crippen molar-refractivity contribution >= 4 is 27.9 Å². The number of nitrogens with zero attached hydrogens (tertiary/aromatic N) is 1. The van der Waals surface area contributed by atoms with E-state index in [2.05, 4.69) is 44.0 Å². The van der Waals surface area contributed by atoms with Gasteiger partial charge in [-0.1, -0.05) is 61.2 Å². The Bertz CT molecular complexity index is 760. The van der Waals surface area contributed by atoms with E-state index >= 15 is 4.39 Å². The predicted molar refractivity (Wildman–Crippen MR) is 126 cm³/mol. The van der Waals surface area contributed by atoms with Crippen LogP contribution < -0.4 is 0 Å². The summed E-state index contributed by atoms with van der Waals surface area (Å²) in [6.07, 6.45) is 14.3. The second-order valence-electron chi connectivity index (χ2n) is 10.6. The molecule has 0 spiro atoms. The minimum absolute atomic E-state index is 0.237. The highest BCUT2D eigenvalue weighted by molar-refractivity contribution is 8.39. The van der Waals surface area contributed by atoms with Gasteiger partial charge in [-0.2, -0.15) is 0 Å². The first-order chi connectivity index (χ1) is 13.9. The molecular weight excluding hydrogens is 397 g/mol. The lowest BCUT2D eigenvalue weighted by atomic mass is 9.46. The van der Waals surface area contributed by atoms with E-state index in [9.17, 15) is 0 Å². The van der Waals surface area contributed by atoms with E-state index in [4.69, 9.17) is 0 Å². The molecular formula is C25H36FNS2. The number of fused-ring (bicyclic) bond motifs is 5. The smallest absolute Gasteiger partial charge is 0.126 e. The summed E-state index contributed by atoms with van der Waals surface area (Å²) in [6, 6.07) is 0. The number of rotatable bonds is 3. The number of allylic oxidation sites excluding steroid dienone is 4. The van der Waals surface area contributed by atoms with Gasteiger partial charge in [-0.25, -0.2) is 4.39 Å². The van der Waals surface area contributed by atoms with Crippen molar-refractivity contribution in [2.75, 3.05) is 18.1 Å². The monoisotopic (exact) mass is 433 g/mol. The second kappa shape index (κ2) is 7.43. The average Bonchev–Trinajstić information content (AvgIpc) is 3.30. The number of alkyl halides is 1. The topological polar surface area (TPSA) is 12.4 Å². The number of halogens is 1. The van der Waals surface area contributed by atoms with Gasteiger partial charge in [0.1, 0.15) is 10.0 Å². The standard InChI is InChI=1S/C25H36FNS2/c1-17-16-21-20-8-7-18-6-4-5-10-24(18,3)25(20,26)12-11-23(21,2)19(17)9-14-28-22-27-13-15-29-22/h5-6,10,17,19-21H,4,7-9,11-16H2,1-3H3/t17-,19+,20+,21+,23-,24+,25-/m1/s1. The van der Waals surface area contributed by atoms with Gasteiger partial charge in [-0.3, -0.25) is 4.99 Å². The molecule has 0 radical (unpaired) electrons. The fraction of sp³-hybridized carbons (Fsp3) is 0.800. The van der Waals surface area contributed by atoms with Crippen molar-refractivity contribution in [3.8, 4) is 0 Å². The zero-order valence-electron chi connectivity index (χ0n) is 18.3. The van der Waals surface area contributed by atoms with Crippen molar-refractivity contribution in [1.29, 1.82) is 0 Å². The minimum atomic E-state index is -1.04. The third kappa shape index (κ3) is 3.05. The van der Waals surface area contributed by atoms with Gasteiger partial charge in [0.05, 0.1) is 6.54 Å². The second-order valence-corrected chi connectivity index (χ2v) is 13.1. The SMILES string of the molecule is C[C@@H]1C[C@H]2[C@@H]3CCC4=CCC=C[C@]4(C)[C@@]3(F)CC[C@]2(C)[C@H]1CCSC1=NCCS1. The summed E-state index contributed by atoms with van der Waals surface area (Å²) in [6.45, 7) is 8.19. The molecule has 4 heteroatoms. The molecule has 1 aliphatic heterocycles. The van der Waals surface area contributed by atoms with Crippen LogP contribution in [0, 0.1) is 34.5 Å². The summed E-state index contributed by atoms with van der Waals surface area (Å²) in [5.41, 5.74) is 0.304. The van der Waals surface area contributed by atoms with Crippen molar-refractivity contribution in [2.45, 2.75) is 71.4 Å². The van der Waals surface area contributed by atoms with Crippen LogP contribution in [0.1, 0.15) is 65.7 Å². The Morgan fingerprint density at radius 2 is 2.14 bits per heavy atom. The van der Waals surface area contributed by atoms with Crippen molar-refractivity contribution in [3.63, 3.8) is 0 Å². The molecule has 0 aromatic carbocycles. The fourth-order valence-corrected chi connectivity index (χ4v) is 10.1. The van der Waals surface area contributed by atoms with Gasteiger partial charge in [0, 0.05) is 16.9 Å². The molecule has 3 saturated carbocycles. The minimum Gasteiger partial charge on any atom is -0.271 e. The molecule has 0 aromatic heterocycles. The van der Waals surface area contributed by atoms with Gasteiger partial charge in [0.15, 0.2) is 0 Å². The van der Waals surface area contributed by atoms with Gasteiger partial charge in [-0.15, -0.1) is 0 Å². The fourth-order valence-electron chi connectivity index (χ4n) is 7.99. The van der Waals surface area contributed by atoms with Crippen LogP contribution in [-0.2, 0) is 0 Å². The van der Waals surface area contributed by atoms with Crippen molar-refractivity contribution in [1.82, 2.24) is 0 Å². The third-order valence-electron chi connectivity index (χ3n) is 9.53. The van der Waals surface area contributed by atoms with Gasteiger partial charge in [-0.05, 0) is 81.0 Å². The number of hydrogen-bond donors (Lipinski definition) is 0. The molecule has 5 rings (SSSR count). The Hall–Kier alpha value is -0.220. The first-order valence-corrected chi connectivity index (χ1v) is 13.7. The maximum absolute atomic E-state index is 16.9. The predicted octanol–water partition coefficient (Wildman–Crippen LogP) is 7.30. The highest BCUT2D eigenvalue weighted by atomic mass is 32.2. The Kier molecular flexibility index (Phi) is 5.30. The average molecular weight is 434 g/mol. The van der Waals surface area contributed by atoms with E-state index in [0.29, 0.717) is 11.3 Å².